The first-order valence-corrected chi connectivity index (χ1v) is 9.94. The summed E-state index contributed by atoms with van der Waals surface area (Å²) in [7, 11) is 0. The minimum atomic E-state index is -0.479. The van der Waals surface area contributed by atoms with Crippen LogP contribution < -0.4 is 11.1 Å². The number of anilines is 1. The van der Waals surface area contributed by atoms with Crippen LogP contribution in [-0.2, 0) is 17.6 Å². The van der Waals surface area contributed by atoms with Gasteiger partial charge in [0.1, 0.15) is 5.00 Å². The average molecular weight is 378 g/mol. The molecule has 1 saturated carbocycles. The molecule has 25 heavy (non-hydrogen) atoms. The van der Waals surface area contributed by atoms with Gasteiger partial charge >= 0.3 is 0 Å². The van der Waals surface area contributed by atoms with E-state index in [0.717, 1.165) is 42.5 Å². The van der Waals surface area contributed by atoms with Gasteiger partial charge in [0, 0.05) is 4.88 Å². The maximum atomic E-state index is 12.6. The SMILES string of the molecule is CC(Sc1nnnn1C1CC1)C(=O)Nc1sc2c(c1C(N)=O)CCC2. The number of thiophene rings is 1. The number of fused-ring (bicyclic) bond motifs is 1. The van der Waals surface area contributed by atoms with Gasteiger partial charge in [0.15, 0.2) is 0 Å². The van der Waals surface area contributed by atoms with Crippen molar-refractivity contribution in [2.45, 2.75) is 55.5 Å². The van der Waals surface area contributed by atoms with Crippen molar-refractivity contribution in [3.05, 3.63) is 16.0 Å². The average Bonchev–Trinajstić information content (AvgIpc) is 2.98. The number of nitrogens with one attached hydrogen (secondary N) is 1. The van der Waals surface area contributed by atoms with Crippen LogP contribution in [0.3, 0.4) is 0 Å². The van der Waals surface area contributed by atoms with Crippen LogP contribution in [-0.4, -0.2) is 37.3 Å². The monoisotopic (exact) mass is 378 g/mol. The largest absolute Gasteiger partial charge is 0.365 e. The first-order chi connectivity index (χ1) is 12.0. The van der Waals surface area contributed by atoms with Crippen LogP contribution in [0.15, 0.2) is 5.16 Å². The van der Waals surface area contributed by atoms with E-state index < -0.39 is 5.91 Å². The highest BCUT2D eigenvalue weighted by molar-refractivity contribution is 8.00. The van der Waals surface area contributed by atoms with Crippen LogP contribution >= 0.6 is 23.1 Å². The number of hydrogen-bond donors (Lipinski definition) is 2. The fourth-order valence-corrected chi connectivity index (χ4v) is 5.15. The first-order valence-electron chi connectivity index (χ1n) is 8.24. The molecule has 0 aliphatic heterocycles. The van der Waals surface area contributed by atoms with E-state index in [9.17, 15) is 9.59 Å². The normalized spacial score (nSPS) is 17.3. The highest BCUT2D eigenvalue weighted by Gasteiger charge is 2.30. The van der Waals surface area contributed by atoms with Gasteiger partial charge in [-0.3, -0.25) is 9.59 Å². The Labute approximate surface area is 152 Å². The molecule has 2 aromatic heterocycles. The Bertz CT molecular complexity index is 841. The summed E-state index contributed by atoms with van der Waals surface area (Å²) in [5.41, 5.74) is 7.02. The summed E-state index contributed by atoms with van der Waals surface area (Å²) >= 11 is 2.78. The van der Waals surface area contributed by atoms with Crippen LogP contribution in [0.5, 0.6) is 0 Å². The summed E-state index contributed by atoms with van der Waals surface area (Å²) < 4.78 is 1.78. The number of nitrogens with zero attached hydrogens (tertiary/aromatic N) is 4. The Morgan fingerprint density at radius 2 is 2.20 bits per heavy atom. The second-order valence-electron chi connectivity index (χ2n) is 6.31. The van der Waals surface area contributed by atoms with Gasteiger partial charge in [0.25, 0.3) is 5.91 Å². The quantitative estimate of drug-likeness (QED) is 0.740. The van der Waals surface area contributed by atoms with E-state index in [-0.39, 0.29) is 11.2 Å². The van der Waals surface area contributed by atoms with E-state index in [2.05, 4.69) is 20.8 Å². The van der Waals surface area contributed by atoms with E-state index in [4.69, 9.17) is 5.73 Å². The third kappa shape index (κ3) is 3.15. The van der Waals surface area contributed by atoms with E-state index in [1.54, 1.807) is 11.6 Å². The number of rotatable bonds is 6. The summed E-state index contributed by atoms with van der Waals surface area (Å²) in [6.45, 7) is 1.80. The molecule has 2 heterocycles. The van der Waals surface area contributed by atoms with Gasteiger partial charge < -0.3 is 11.1 Å². The van der Waals surface area contributed by atoms with Crippen molar-refractivity contribution in [1.82, 2.24) is 20.2 Å². The number of aryl methyl sites for hydroxylation is 1. The van der Waals surface area contributed by atoms with E-state index >= 15 is 0 Å². The van der Waals surface area contributed by atoms with Crippen molar-refractivity contribution in [2.24, 2.45) is 5.73 Å². The van der Waals surface area contributed by atoms with Crippen molar-refractivity contribution >= 4 is 39.9 Å². The molecule has 3 N–H and O–H groups in total. The molecule has 0 bridgehead atoms. The third-order valence-electron chi connectivity index (χ3n) is 4.41. The zero-order chi connectivity index (χ0) is 17.6. The number of tetrazole rings is 1. The van der Waals surface area contributed by atoms with E-state index in [1.165, 1.54) is 23.1 Å². The zero-order valence-electron chi connectivity index (χ0n) is 13.7. The summed E-state index contributed by atoms with van der Waals surface area (Å²) in [6, 6.07) is 0.356. The van der Waals surface area contributed by atoms with Crippen molar-refractivity contribution < 1.29 is 9.59 Å². The number of carbonyl (C=O) groups excluding carboxylic acids is 2. The molecule has 0 spiro atoms. The van der Waals surface area contributed by atoms with Crippen molar-refractivity contribution in [2.75, 3.05) is 5.32 Å². The number of primary amides is 1. The van der Waals surface area contributed by atoms with Gasteiger partial charge in [0.05, 0.1) is 16.9 Å². The fourth-order valence-electron chi connectivity index (χ4n) is 2.99. The second-order valence-corrected chi connectivity index (χ2v) is 8.73. The highest BCUT2D eigenvalue weighted by Crippen LogP contribution is 2.40. The van der Waals surface area contributed by atoms with E-state index in [1.807, 2.05) is 0 Å². The van der Waals surface area contributed by atoms with Crippen molar-refractivity contribution in [1.29, 1.82) is 0 Å². The number of nitrogens with two attached hydrogens (primary N) is 1. The zero-order valence-corrected chi connectivity index (χ0v) is 15.3. The molecule has 0 radical (unpaired) electrons. The molecule has 4 rings (SSSR count). The molecule has 1 fully saturated rings. The third-order valence-corrected chi connectivity index (χ3v) is 6.67. The fraction of sp³-hybridized carbons (Fsp3) is 0.533. The molecule has 0 aromatic carbocycles. The molecule has 2 aliphatic carbocycles. The van der Waals surface area contributed by atoms with Gasteiger partial charge in [-0.05, 0) is 55.0 Å². The second kappa shape index (κ2) is 6.41. The highest BCUT2D eigenvalue weighted by atomic mass is 32.2. The summed E-state index contributed by atoms with van der Waals surface area (Å²) in [6.07, 6.45) is 4.96. The predicted octanol–water partition coefficient (Wildman–Crippen LogP) is 1.78. The molecule has 8 nitrogen and oxygen atoms in total. The van der Waals surface area contributed by atoms with Gasteiger partial charge in [-0.1, -0.05) is 11.8 Å². The topological polar surface area (TPSA) is 116 Å². The van der Waals surface area contributed by atoms with Crippen LogP contribution in [0.1, 0.15) is 53.0 Å². The lowest BCUT2D eigenvalue weighted by molar-refractivity contribution is -0.115. The Hall–Kier alpha value is -1.94. The van der Waals surface area contributed by atoms with Crippen LogP contribution in [0, 0.1) is 0 Å². The number of aromatic nitrogens is 4. The van der Waals surface area contributed by atoms with Gasteiger partial charge in [-0.25, -0.2) is 4.68 Å². The summed E-state index contributed by atoms with van der Waals surface area (Å²) in [5.74, 6) is -0.662. The maximum Gasteiger partial charge on any atom is 0.251 e. The first kappa shape index (κ1) is 16.5. The van der Waals surface area contributed by atoms with Gasteiger partial charge in [-0.2, -0.15) is 0 Å². The molecule has 0 saturated heterocycles. The lowest BCUT2D eigenvalue weighted by Gasteiger charge is -2.11. The van der Waals surface area contributed by atoms with Crippen molar-refractivity contribution in [3.8, 4) is 0 Å². The summed E-state index contributed by atoms with van der Waals surface area (Å²) in [5, 5.41) is 15.4. The lowest BCUT2D eigenvalue weighted by atomic mass is 10.1. The number of hydrogen-bond acceptors (Lipinski definition) is 7. The Balaban J connectivity index is 1.48. The standard InChI is InChI=1S/C15H18N6O2S2/c1-7(24-15-18-19-20-21(15)8-5-6-8)13(23)17-14-11(12(16)22)9-3-2-4-10(9)25-14/h7-8H,2-6H2,1H3,(H2,16,22)(H,17,23). The molecular weight excluding hydrogens is 360 g/mol. The molecule has 2 aromatic rings. The molecular formula is C15H18N6O2S2. The number of amides is 2. The lowest BCUT2D eigenvalue weighted by Crippen LogP contribution is -2.24. The van der Waals surface area contributed by atoms with Crippen LogP contribution in [0.25, 0.3) is 0 Å². The molecule has 1 atom stereocenters. The van der Waals surface area contributed by atoms with Crippen LogP contribution in [0.2, 0.25) is 0 Å². The number of carbonyl (C=O) groups is 2. The molecule has 1 unspecified atom stereocenters. The Morgan fingerprint density at radius 3 is 2.92 bits per heavy atom. The van der Waals surface area contributed by atoms with Gasteiger partial charge in [0.2, 0.25) is 11.1 Å². The predicted molar refractivity (Wildman–Crippen MR) is 94.9 cm³/mol. The minimum Gasteiger partial charge on any atom is -0.365 e. The van der Waals surface area contributed by atoms with Crippen LogP contribution in [0.4, 0.5) is 5.00 Å². The molecule has 10 heteroatoms. The Kier molecular flexibility index (Phi) is 4.24. The molecule has 2 amide bonds. The van der Waals surface area contributed by atoms with Gasteiger partial charge in [-0.15, -0.1) is 16.4 Å². The summed E-state index contributed by atoms with van der Waals surface area (Å²) in [4.78, 5) is 25.6. The Morgan fingerprint density at radius 1 is 1.40 bits per heavy atom. The molecule has 132 valence electrons. The van der Waals surface area contributed by atoms with E-state index in [0.29, 0.717) is 21.8 Å². The minimum absolute atomic E-state index is 0.183. The molecule has 2 aliphatic rings. The number of thioether (sulfide) groups is 1. The van der Waals surface area contributed by atoms with Crippen molar-refractivity contribution in [3.63, 3.8) is 0 Å². The smallest absolute Gasteiger partial charge is 0.251 e. The maximum absolute atomic E-state index is 12.6.